The van der Waals surface area contributed by atoms with Gasteiger partial charge in [0, 0.05) is 29.3 Å². The number of carbonyl (C=O) groups excluding carboxylic acids is 1. The summed E-state index contributed by atoms with van der Waals surface area (Å²) in [6.45, 7) is 3.49. The molecule has 0 radical (unpaired) electrons. The fraction of sp³-hybridized carbons (Fsp3) is 0.698. The van der Waals surface area contributed by atoms with Crippen LogP contribution < -0.4 is 31.5 Å². The highest BCUT2D eigenvalue weighted by Gasteiger charge is 2.60. The van der Waals surface area contributed by atoms with Crippen LogP contribution in [0.1, 0.15) is 144 Å². The van der Waals surface area contributed by atoms with Crippen molar-refractivity contribution in [2.45, 2.75) is 152 Å². The smallest absolute Gasteiger partial charge is 0.251 e. The van der Waals surface area contributed by atoms with Gasteiger partial charge >= 0.3 is 0 Å². The maximum atomic E-state index is 17.7. The first-order chi connectivity index (χ1) is 25.4. The molecule has 2 heterocycles. The molecule has 4 aliphatic rings. The lowest BCUT2D eigenvalue weighted by atomic mass is 9.65. The van der Waals surface area contributed by atoms with E-state index in [1.165, 1.54) is 70.6 Å². The summed E-state index contributed by atoms with van der Waals surface area (Å²) in [7, 11) is 3.88. The molecule has 9 heteroatoms. The van der Waals surface area contributed by atoms with Crippen LogP contribution in [0.25, 0.3) is 0 Å². The lowest BCUT2D eigenvalue weighted by molar-refractivity contribution is -0.0868. The van der Waals surface area contributed by atoms with Crippen LogP contribution >= 0.6 is 0 Å². The van der Waals surface area contributed by atoms with E-state index in [4.69, 9.17) is 4.74 Å². The summed E-state index contributed by atoms with van der Waals surface area (Å²) in [4.78, 5) is 15.8. The second-order valence-electron chi connectivity index (χ2n) is 16.4. The highest BCUT2D eigenvalue weighted by Crippen LogP contribution is 2.48. The van der Waals surface area contributed by atoms with Crippen molar-refractivity contribution >= 4 is 11.6 Å². The molecule has 1 spiro atoms. The Hall–Kier alpha value is -2.72. The van der Waals surface area contributed by atoms with Gasteiger partial charge in [-0.05, 0) is 94.4 Å². The standard InChI is InChI=1S/C43H67FN6O2/c1-32(33-19-18-24-37(30-33)52-3)47-41(51)34-20-17-23-36(29-34)45-31-39-48-49-43(50(39)2,35-21-13-9-5-4-6-10-14-22-35)38-25-28-46-42(40(38)44)26-15-11-7-8-12-16-27-42/h17-20,23-24,29-30,32,35,38-40,45-46,48-49H,4-16,21-22,25-28,31H2,1-3H3,(H,47,51)/t32-,38?,39?,40?,43?/m1/s1. The van der Waals surface area contributed by atoms with Gasteiger partial charge in [0.2, 0.25) is 0 Å². The van der Waals surface area contributed by atoms with Gasteiger partial charge in [-0.15, -0.1) is 0 Å². The number of rotatable bonds is 9. The molecule has 5 atom stereocenters. The number of piperidine rings is 1. The van der Waals surface area contributed by atoms with Crippen molar-refractivity contribution in [3.05, 3.63) is 59.7 Å². The number of nitrogens with zero attached hydrogens (tertiary/aromatic N) is 1. The van der Waals surface area contributed by atoms with E-state index < -0.39 is 17.4 Å². The third-order valence-electron chi connectivity index (χ3n) is 13.2. The topological polar surface area (TPSA) is 89.7 Å². The molecular formula is C43H67FN6O2. The normalized spacial score (nSPS) is 29.0. The average Bonchev–Trinajstić information content (AvgIpc) is 3.55. The van der Waals surface area contributed by atoms with Crippen LogP contribution in [0, 0.1) is 11.8 Å². The quantitative estimate of drug-likeness (QED) is 0.178. The summed E-state index contributed by atoms with van der Waals surface area (Å²) in [5, 5.41) is 10.6. The molecule has 2 aliphatic carbocycles. The number of hydrazine groups is 1. The summed E-state index contributed by atoms with van der Waals surface area (Å²) in [6, 6.07) is 15.4. The number of amides is 1. The fourth-order valence-electron chi connectivity index (χ4n) is 10.1. The van der Waals surface area contributed by atoms with Crippen LogP contribution in [0.4, 0.5) is 10.1 Å². The first-order valence-electron chi connectivity index (χ1n) is 20.8. The molecule has 52 heavy (non-hydrogen) atoms. The van der Waals surface area contributed by atoms with Gasteiger partial charge in [-0.2, -0.15) is 0 Å². The molecule has 5 N–H and O–H groups in total. The van der Waals surface area contributed by atoms with Crippen LogP contribution in [-0.2, 0) is 0 Å². The van der Waals surface area contributed by atoms with Gasteiger partial charge in [0.05, 0.1) is 25.0 Å². The number of hydrogen-bond donors (Lipinski definition) is 5. The van der Waals surface area contributed by atoms with Crippen LogP contribution in [0.5, 0.6) is 5.75 Å². The molecular weight excluding hydrogens is 652 g/mol. The van der Waals surface area contributed by atoms with Crippen LogP contribution in [0.15, 0.2) is 48.5 Å². The lowest BCUT2D eigenvalue weighted by Crippen LogP contribution is -2.71. The number of halogens is 1. The number of alkyl halides is 1. The molecule has 0 aromatic heterocycles. The van der Waals surface area contributed by atoms with Crippen molar-refractivity contribution < 1.29 is 13.9 Å². The zero-order chi connectivity index (χ0) is 36.4. The molecule has 2 aromatic rings. The van der Waals surface area contributed by atoms with E-state index in [-0.39, 0.29) is 24.0 Å². The van der Waals surface area contributed by atoms with Crippen LogP contribution in [0.2, 0.25) is 0 Å². The van der Waals surface area contributed by atoms with Crippen molar-refractivity contribution in [2.75, 3.05) is 32.6 Å². The molecule has 1 amide bonds. The first kappa shape index (κ1) is 39.0. The number of methoxy groups -OCH3 is 1. The van der Waals surface area contributed by atoms with Gasteiger partial charge in [-0.1, -0.05) is 102 Å². The molecule has 8 nitrogen and oxygen atoms in total. The molecule has 0 bridgehead atoms. The van der Waals surface area contributed by atoms with Crippen LogP contribution in [-0.4, -0.2) is 61.6 Å². The molecule has 6 rings (SSSR count). The lowest BCUT2D eigenvalue weighted by Gasteiger charge is -2.55. The third kappa shape index (κ3) is 8.97. The zero-order valence-corrected chi connectivity index (χ0v) is 32.3. The van der Waals surface area contributed by atoms with E-state index in [0.29, 0.717) is 18.0 Å². The maximum absolute atomic E-state index is 17.7. The van der Waals surface area contributed by atoms with E-state index in [9.17, 15) is 4.79 Å². The number of likely N-dealkylation sites (N-methyl/N-ethyl adjacent to an activating group) is 1. The Bertz CT molecular complexity index is 1410. The van der Waals surface area contributed by atoms with Gasteiger partial charge in [-0.3, -0.25) is 9.69 Å². The summed E-state index contributed by atoms with van der Waals surface area (Å²) < 4.78 is 23.1. The maximum Gasteiger partial charge on any atom is 0.251 e. The Morgan fingerprint density at radius 1 is 0.904 bits per heavy atom. The SMILES string of the molecule is COc1cccc([C@@H](C)NC(=O)c2cccc(NCC3NNC(C4CCCCCCCCC4)(C4CCNC5(CCCCCCCC5)C4F)N3C)c2)c1. The van der Waals surface area contributed by atoms with Crippen LogP contribution in [0.3, 0.4) is 0 Å². The monoisotopic (exact) mass is 719 g/mol. The molecule has 288 valence electrons. The van der Waals surface area contributed by atoms with Crippen molar-refractivity contribution in [3.8, 4) is 5.75 Å². The summed E-state index contributed by atoms with van der Waals surface area (Å²) in [6.07, 6.45) is 20.2. The van der Waals surface area contributed by atoms with E-state index in [0.717, 1.165) is 68.5 Å². The van der Waals surface area contributed by atoms with E-state index >= 15 is 4.39 Å². The van der Waals surface area contributed by atoms with Gasteiger partial charge < -0.3 is 20.7 Å². The zero-order valence-electron chi connectivity index (χ0n) is 32.3. The molecule has 2 aromatic carbocycles. The second-order valence-corrected chi connectivity index (χ2v) is 16.4. The number of hydrogen-bond acceptors (Lipinski definition) is 7. The Balaban J connectivity index is 1.19. The Morgan fingerprint density at radius 2 is 1.56 bits per heavy atom. The average molecular weight is 719 g/mol. The Morgan fingerprint density at radius 3 is 2.25 bits per heavy atom. The molecule has 4 unspecified atom stereocenters. The van der Waals surface area contributed by atoms with Gasteiger partial charge in [0.25, 0.3) is 5.91 Å². The molecule has 2 saturated heterocycles. The number of anilines is 1. The molecule has 4 fully saturated rings. The fourth-order valence-corrected chi connectivity index (χ4v) is 10.1. The van der Waals surface area contributed by atoms with Gasteiger partial charge in [-0.25, -0.2) is 15.2 Å². The molecule has 2 saturated carbocycles. The Labute approximate surface area is 313 Å². The molecule has 2 aliphatic heterocycles. The van der Waals surface area contributed by atoms with E-state index in [1.54, 1.807) is 7.11 Å². The number of benzene rings is 2. The largest absolute Gasteiger partial charge is 0.497 e. The highest BCUT2D eigenvalue weighted by molar-refractivity contribution is 5.95. The van der Waals surface area contributed by atoms with Gasteiger partial charge in [0.15, 0.2) is 0 Å². The Kier molecular flexibility index (Phi) is 13.9. The van der Waals surface area contributed by atoms with E-state index in [2.05, 4.69) is 38.7 Å². The summed E-state index contributed by atoms with van der Waals surface area (Å²) in [5.74, 6) is 0.904. The third-order valence-corrected chi connectivity index (χ3v) is 13.2. The predicted molar refractivity (Wildman–Crippen MR) is 210 cm³/mol. The first-order valence-corrected chi connectivity index (χ1v) is 20.8. The summed E-state index contributed by atoms with van der Waals surface area (Å²) in [5.41, 5.74) is 9.17. The number of ether oxygens (including phenoxy) is 1. The van der Waals surface area contributed by atoms with Crippen molar-refractivity contribution in [3.63, 3.8) is 0 Å². The minimum absolute atomic E-state index is 0.0421. The van der Waals surface area contributed by atoms with Crippen molar-refractivity contribution in [2.24, 2.45) is 11.8 Å². The second kappa shape index (κ2) is 18.5. The predicted octanol–water partition coefficient (Wildman–Crippen LogP) is 8.62. The summed E-state index contributed by atoms with van der Waals surface area (Å²) >= 11 is 0. The highest BCUT2D eigenvalue weighted by atomic mass is 19.1. The van der Waals surface area contributed by atoms with Crippen molar-refractivity contribution in [1.29, 1.82) is 0 Å². The van der Waals surface area contributed by atoms with Crippen molar-refractivity contribution in [1.82, 2.24) is 26.4 Å². The van der Waals surface area contributed by atoms with E-state index in [1.807, 2.05) is 55.5 Å². The number of carbonyl (C=O) groups is 1. The number of nitrogens with one attached hydrogen (secondary N) is 5. The minimum atomic E-state index is -0.909. The van der Waals surface area contributed by atoms with Gasteiger partial charge in [0.1, 0.15) is 11.9 Å². The minimum Gasteiger partial charge on any atom is -0.497 e.